The summed E-state index contributed by atoms with van der Waals surface area (Å²) in [5.41, 5.74) is 1.93. The van der Waals surface area contributed by atoms with Gasteiger partial charge in [0, 0.05) is 24.5 Å². The topological polar surface area (TPSA) is 67.3 Å². The molecule has 0 aliphatic heterocycles. The number of aliphatic hydroxyl groups excluding tert-OH is 1. The molecule has 0 atom stereocenters. The summed E-state index contributed by atoms with van der Waals surface area (Å²) < 4.78 is 5.14. The van der Waals surface area contributed by atoms with E-state index >= 15 is 0 Å². The van der Waals surface area contributed by atoms with Gasteiger partial charge in [-0.2, -0.15) is 0 Å². The molecule has 5 heteroatoms. The van der Waals surface area contributed by atoms with Gasteiger partial charge < -0.3 is 15.2 Å². The largest absolute Gasteiger partial charge is 0.394 e. The van der Waals surface area contributed by atoms with Crippen LogP contribution < -0.4 is 5.32 Å². The molecule has 1 aromatic heterocycles. The highest BCUT2D eigenvalue weighted by atomic mass is 16.5. The number of hydrogen-bond donors (Lipinski definition) is 2. The quantitative estimate of drug-likeness (QED) is 0.675. The van der Waals surface area contributed by atoms with Gasteiger partial charge in [-0.3, -0.25) is 0 Å². The van der Waals surface area contributed by atoms with E-state index in [0.29, 0.717) is 19.2 Å². The van der Waals surface area contributed by atoms with Gasteiger partial charge in [0.05, 0.1) is 13.2 Å². The Morgan fingerprint density at radius 2 is 1.94 bits per heavy atom. The minimum atomic E-state index is 0.0770. The lowest BCUT2D eigenvalue weighted by Crippen LogP contribution is -2.10. The van der Waals surface area contributed by atoms with E-state index in [1.807, 2.05) is 19.9 Å². The van der Waals surface area contributed by atoms with Crippen LogP contribution in [0.25, 0.3) is 0 Å². The third-order valence-electron chi connectivity index (χ3n) is 1.97. The molecule has 0 aliphatic carbocycles. The second kappa shape index (κ2) is 7.14. The molecule has 0 amide bonds. The predicted molar refractivity (Wildman–Crippen MR) is 62.5 cm³/mol. The highest BCUT2D eigenvalue weighted by Crippen LogP contribution is 2.03. The molecule has 0 radical (unpaired) electrons. The lowest BCUT2D eigenvalue weighted by molar-refractivity contribution is 0.0921. The zero-order valence-corrected chi connectivity index (χ0v) is 9.86. The fraction of sp³-hybridized carbons (Fsp3) is 0.636. The van der Waals surface area contributed by atoms with Crippen molar-refractivity contribution in [2.24, 2.45) is 0 Å². The molecule has 0 fully saturated rings. The van der Waals surface area contributed by atoms with E-state index in [1.54, 1.807) is 0 Å². The van der Waals surface area contributed by atoms with Crippen LogP contribution in [0.1, 0.15) is 17.8 Å². The maximum Gasteiger partial charge on any atom is 0.223 e. The van der Waals surface area contributed by atoms with Gasteiger partial charge in [-0.25, -0.2) is 9.97 Å². The van der Waals surface area contributed by atoms with E-state index in [0.717, 1.165) is 24.4 Å². The molecule has 90 valence electrons. The van der Waals surface area contributed by atoms with Crippen molar-refractivity contribution < 1.29 is 9.84 Å². The summed E-state index contributed by atoms with van der Waals surface area (Å²) in [7, 11) is 0. The van der Waals surface area contributed by atoms with Crippen molar-refractivity contribution in [1.29, 1.82) is 0 Å². The van der Waals surface area contributed by atoms with Crippen molar-refractivity contribution in [3.63, 3.8) is 0 Å². The Morgan fingerprint density at radius 1 is 1.25 bits per heavy atom. The summed E-state index contributed by atoms with van der Waals surface area (Å²) >= 11 is 0. The Hall–Kier alpha value is -1.20. The van der Waals surface area contributed by atoms with Crippen molar-refractivity contribution in [3.05, 3.63) is 17.5 Å². The van der Waals surface area contributed by atoms with Gasteiger partial charge in [0.2, 0.25) is 5.95 Å². The van der Waals surface area contributed by atoms with Gasteiger partial charge in [-0.15, -0.1) is 0 Å². The normalized spacial score (nSPS) is 10.4. The summed E-state index contributed by atoms with van der Waals surface area (Å²) in [4.78, 5) is 8.53. The SMILES string of the molecule is Cc1cc(C)nc(NCCCOCCO)n1. The predicted octanol–water partition coefficient (Wildman–Crippen LogP) is 0.904. The second-order valence-electron chi connectivity index (χ2n) is 3.59. The fourth-order valence-electron chi connectivity index (χ4n) is 1.35. The Bertz CT molecular complexity index is 298. The van der Waals surface area contributed by atoms with E-state index in [-0.39, 0.29) is 6.61 Å². The Labute approximate surface area is 95.9 Å². The Kier molecular flexibility index (Phi) is 5.74. The third-order valence-corrected chi connectivity index (χ3v) is 1.97. The summed E-state index contributed by atoms with van der Waals surface area (Å²) in [6.07, 6.45) is 0.871. The minimum absolute atomic E-state index is 0.0770. The Morgan fingerprint density at radius 3 is 2.56 bits per heavy atom. The number of aryl methyl sites for hydroxylation is 2. The molecule has 5 nitrogen and oxygen atoms in total. The van der Waals surface area contributed by atoms with Crippen LogP contribution in [0.15, 0.2) is 6.07 Å². The van der Waals surface area contributed by atoms with Crippen molar-refractivity contribution in [1.82, 2.24) is 9.97 Å². The van der Waals surface area contributed by atoms with Crippen LogP contribution in [0.3, 0.4) is 0 Å². The van der Waals surface area contributed by atoms with Crippen molar-refractivity contribution in [2.75, 3.05) is 31.7 Å². The smallest absolute Gasteiger partial charge is 0.223 e. The van der Waals surface area contributed by atoms with E-state index in [2.05, 4.69) is 15.3 Å². The molecule has 0 aromatic carbocycles. The third kappa shape index (κ3) is 5.04. The molecule has 2 N–H and O–H groups in total. The van der Waals surface area contributed by atoms with Crippen LogP contribution in [0.2, 0.25) is 0 Å². The number of rotatable bonds is 7. The summed E-state index contributed by atoms with van der Waals surface area (Å²) in [6.45, 7) is 5.79. The van der Waals surface area contributed by atoms with E-state index in [4.69, 9.17) is 9.84 Å². The van der Waals surface area contributed by atoms with Crippen LogP contribution in [0, 0.1) is 13.8 Å². The van der Waals surface area contributed by atoms with Crippen LogP contribution in [0.4, 0.5) is 5.95 Å². The standard InChI is InChI=1S/C11H19N3O2/c1-9-8-10(2)14-11(13-9)12-4-3-6-16-7-5-15/h8,15H,3-7H2,1-2H3,(H,12,13,14). The lowest BCUT2D eigenvalue weighted by atomic mass is 10.3. The number of anilines is 1. The minimum Gasteiger partial charge on any atom is -0.394 e. The zero-order chi connectivity index (χ0) is 11.8. The number of aliphatic hydroxyl groups is 1. The number of nitrogens with one attached hydrogen (secondary N) is 1. The molecule has 0 saturated carbocycles. The molecule has 0 aliphatic rings. The van der Waals surface area contributed by atoms with Crippen LogP contribution in [-0.2, 0) is 4.74 Å². The molecular weight excluding hydrogens is 206 g/mol. The molecular formula is C11H19N3O2. The molecule has 0 unspecified atom stereocenters. The zero-order valence-electron chi connectivity index (χ0n) is 9.86. The average Bonchev–Trinajstić information content (AvgIpc) is 2.22. The van der Waals surface area contributed by atoms with Gasteiger partial charge in [-0.1, -0.05) is 0 Å². The summed E-state index contributed by atoms with van der Waals surface area (Å²) in [6, 6.07) is 1.94. The molecule has 0 bridgehead atoms. The molecule has 1 rings (SSSR count). The van der Waals surface area contributed by atoms with E-state index < -0.39 is 0 Å². The first-order chi connectivity index (χ1) is 7.72. The maximum atomic E-state index is 8.50. The highest BCUT2D eigenvalue weighted by Gasteiger charge is 1.97. The first-order valence-corrected chi connectivity index (χ1v) is 5.47. The average molecular weight is 225 g/mol. The van der Waals surface area contributed by atoms with E-state index in [1.165, 1.54) is 0 Å². The monoisotopic (exact) mass is 225 g/mol. The second-order valence-corrected chi connectivity index (χ2v) is 3.59. The lowest BCUT2D eigenvalue weighted by Gasteiger charge is -2.06. The van der Waals surface area contributed by atoms with Gasteiger partial charge in [0.1, 0.15) is 0 Å². The molecule has 1 heterocycles. The number of aromatic nitrogens is 2. The van der Waals surface area contributed by atoms with Crippen LogP contribution >= 0.6 is 0 Å². The molecule has 16 heavy (non-hydrogen) atoms. The van der Waals surface area contributed by atoms with Crippen LogP contribution in [0.5, 0.6) is 0 Å². The van der Waals surface area contributed by atoms with Gasteiger partial charge in [-0.05, 0) is 26.3 Å². The number of nitrogens with zero attached hydrogens (tertiary/aromatic N) is 2. The number of ether oxygens (including phenoxy) is 1. The summed E-state index contributed by atoms with van der Waals surface area (Å²) in [5.74, 6) is 0.666. The Balaban J connectivity index is 2.21. The van der Waals surface area contributed by atoms with Gasteiger partial charge in [0.15, 0.2) is 0 Å². The van der Waals surface area contributed by atoms with Gasteiger partial charge >= 0.3 is 0 Å². The molecule has 1 aromatic rings. The van der Waals surface area contributed by atoms with Gasteiger partial charge in [0.25, 0.3) is 0 Å². The first kappa shape index (κ1) is 12.9. The van der Waals surface area contributed by atoms with Crippen molar-refractivity contribution in [2.45, 2.75) is 20.3 Å². The fourth-order valence-corrected chi connectivity index (χ4v) is 1.35. The number of hydrogen-bond acceptors (Lipinski definition) is 5. The highest BCUT2D eigenvalue weighted by molar-refractivity contribution is 5.27. The molecule has 0 spiro atoms. The first-order valence-electron chi connectivity index (χ1n) is 5.47. The van der Waals surface area contributed by atoms with Crippen molar-refractivity contribution in [3.8, 4) is 0 Å². The van der Waals surface area contributed by atoms with Crippen LogP contribution in [-0.4, -0.2) is 41.4 Å². The molecule has 0 saturated heterocycles. The van der Waals surface area contributed by atoms with E-state index in [9.17, 15) is 0 Å². The van der Waals surface area contributed by atoms with Crippen molar-refractivity contribution >= 4 is 5.95 Å². The maximum absolute atomic E-state index is 8.50. The summed E-state index contributed by atoms with van der Waals surface area (Å²) in [5, 5.41) is 11.6.